The third kappa shape index (κ3) is 3.79. The van der Waals surface area contributed by atoms with Crippen LogP contribution in [0.5, 0.6) is 5.75 Å². The van der Waals surface area contributed by atoms with Crippen LogP contribution in [0.4, 0.5) is 4.39 Å². The van der Waals surface area contributed by atoms with E-state index in [2.05, 4.69) is 10.3 Å². The maximum atomic E-state index is 14.4. The summed E-state index contributed by atoms with van der Waals surface area (Å²) < 4.78 is 20.0. The first-order chi connectivity index (χ1) is 12.0. The van der Waals surface area contributed by atoms with E-state index in [9.17, 15) is 9.18 Å². The van der Waals surface area contributed by atoms with Gasteiger partial charge < -0.3 is 15.8 Å². The van der Waals surface area contributed by atoms with Crippen molar-refractivity contribution in [3.05, 3.63) is 47.5 Å². The minimum Gasteiger partial charge on any atom is -0.490 e. The normalized spacial score (nSPS) is 15.4. The van der Waals surface area contributed by atoms with Crippen LogP contribution >= 0.6 is 0 Å². The van der Waals surface area contributed by atoms with Gasteiger partial charge in [0.15, 0.2) is 11.6 Å². The van der Waals surface area contributed by atoms with Gasteiger partial charge in [-0.1, -0.05) is 13.0 Å². The number of nitrogens with zero attached hydrogens (tertiary/aromatic N) is 1. The van der Waals surface area contributed by atoms with E-state index in [1.165, 1.54) is 6.07 Å². The molecule has 1 aliphatic rings. The summed E-state index contributed by atoms with van der Waals surface area (Å²) in [5.74, 6) is -0.181. The molecular weight excluding hydrogens is 321 g/mol. The minimum atomic E-state index is -0.450. The number of pyridine rings is 1. The van der Waals surface area contributed by atoms with Crippen molar-refractivity contribution in [2.75, 3.05) is 6.61 Å². The molecular formula is C19H22FN3O2. The van der Waals surface area contributed by atoms with E-state index in [1.54, 1.807) is 24.4 Å². The zero-order valence-electron chi connectivity index (χ0n) is 14.4. The molecule has 3 N–H and O–H groups in total. The third-order valence-electron chi connectivity index (χ3n) is 4.21. The largest absolute Gasteiger partial charge is 0.490 e. The first-order valence-electron chi connectivity index (χ1n) is 8.40. The zero-order chi connectivity index (χ0) is 18.0. The molecule has 0 saturated carbocycles. The average Bonchev–Trinajstić information content (AvgIpc) is 2.94. The number of ether oxygens (including phenoxy) is 1. The van der Waals surface area contributed by atoms with E-state index in [1.807, 2.05) is 13.8 Å². The molecule has 132 valence electrons. The summed E-state index contributed by atoms with van der Waals surface area (Å²) >= 11 is 0. The van der Waals surface area contributed by atoms with Crippen LogP contribution in [0.3, 0.4) is 0 Å². The maximum absolute atomic E-state index is 14.4. The SMILES string of the molecule is CC(N)CC(C)COc1ccc(-c2ccnc3c2C(=O)NC3)cc1F. The zero-order valence-corrected chi connectivity index (χ0v) is 14.4. The Labute approximate surface area is 146 Å². The van der Waals surface area contributed by atoms with Gasteiger partial charge in [-0.15, -0.1) is 0 Å². The summed E-state index contributed by atoms with van der Waals surface area (Å²) in [6.45, 7) is 4.78. The quantitative estimate of drug-likeness (QED) is 0.845. The number of carbonyl (C=O) groups excluding carboxylic acids is 1. The van der Waals surface area contributed by atoms with Crippen molar-refractivity contribution < 1.29 is 13.9 Å². The molecule has 0 radical (unpaired) electrons. The van der Waals surface area contributed by atoms with E-state index in [0.29, 0.717) is 35.5 Å². The monoisotopic (exact) mass is 343 g/mol. The van der Waals surface area contributed by atoms with Crippen molar-refractivity contribution >= 4 is 5.91 Å². The topological polar surface area (TPSA) is 77.2 Å². The Morgan fingerprint density at radius 1 is 1.36 bits per heavy atom. The Kier molecular flexibility index (Phi) is 4.99. The number of hydrogen-bond donors (Lipinski definition) is 2. The molecule has 2 atom stereocenters. The molecule has 5 nitrogen and oxygen atoms in total. The summed E-state index contributed by atoms with van der Waals surface area (Å²) in [6, 6.07) is 6.57. The van der Waals surface area contributed by atoms with Crippen LogP contribution in [0.2, 0.25) is 0 Å². The van der Waals surface area contributed by atoms with E-state index < -0.39 is 5.82 Å². The van der Waals surface area contributed by atoms with Gasteiger partial charge >= 0.3 is 0 Å². The molecule has 0 aliphatic carbocycles. The Hall–Kier alpha value is -2.47. The van der Waals surface area contributed by atoms with E-state index in [-0.39, 0.29) is 23.6 Å². The van der Waals surface area contributed by atoms with Gasteiger partial charge in [-0.3, -0.25) is 9.78 Å². The van der Waals surface area contributed by atoms with Crippen LogP contribution < -0.4 is 15.8 Å². The minimum absolute atomic E-state index is 0.0887. The summed E-state index contributed by atoms with van der Waals surface area (Å²) in [6.07, 6.45) is 2.45. The fourth-order valence-electron chi connectivity index (χ4n) is 3.11. The summed E-state index contributed by atoms with van der Waals surface area (Å²) in [7, 11) is 0. The molecule has 2 unspecified atom stereocenters. The van der Waals surface area contributed by atoms with Crippen LogP contribution in [0.15, 0.2) is 30.5 Å². The number of fused-ring (bicyclic) bond motifs is 1. The number of hydrogen-bond acceptors (Lipinski definition) is 4. The van der Waals surface area contributed by atoms with E-state index in [0.717, 1.165) is 6.42 Å². The van der Waals surface area contributed by atoms with E-state index in [4.69, 9.17) is 10.5 Å². The highest BCUT2D eigenvalue weighted by Crippen LogP contribution is 2.31. The fourth-order valence-corrected chi connectivity index (χ4v) is 3.11. The number of rotatable bonds is 6. The van der Waals surface area contributed by atoms with Gasteiger partial charge in [0, 0.05) is 12.2 Å². The molecule has 6 heteroatoms. The maximum Gasteiger partial charge on any atom is 0.254 e. The smallest absolute Gasteiger partial charge is 0.254 e. The van der Waals surface area contributed by atoms with Gasteiger partial charge in [0.2, 0.25) is 0 Å². The Morgan fingerprint density at radius 2 is 2.16 bits per heavy atom. The Bertz CT molecular complexity index is 792. The van der Waals surface area contributed by atoms with Crippen LogP contribution in [0.1, 0.15) is 36.3 Å². The van der Waals surface area contributed by atoms with Crippen molar-refractivity contribution in [2.45, 2.75) is 32.9 Å². The van der Waals surface area contributed by atoms with Gasteiger partial charge in [0.1, 0.15) is 0 Å². The lowest BCUT2D eigenvalue weighted by molar-refractivity contribution is 0.0966. The highest BCUT2D eigenvalue weighted by atomic mass is 19.1. The molecule has 0 saturated heterocycles. The van der Waals surface area contributed by atoms with Gasteiger partial charge in [-0.2, -0.15) is 0 Å². The lowest BCUT2D eigenvalue weighted by Gasteiger charge is -2.16. The Balaban J connectivity index is 1.79. The van der Waals surface area contributed by atoms with Crippen LogP contribution in [-0.2, 0) is 6.54 Å². The van der Waals surface area contributed by atoms with E-state index >= 15 is 0 Å². The molecule has 0 bridgehead atoms. The average molecular weight is 343 g/mol. The van der Waals surface area contributed by atoms with Crippen LogP contribution in [-0.4, -0.2) is 23.5 Å². The molecule has 2 aromatic rings. The van der Waals surface area contributed by atoms with Crippen molar-refractivity contribution in [1.82, 2.24) is 10.3 Å². The second kappa shape index (κ2) is 7.19. The van der Waals surface area contributed by atoms with Crippen LogP contribution in [0, 0.1) is 11.7 Å². The highest BCUT2D eigenvalue weighted by Gasteiger charge is 2.24. The number of nitrogens with one attached hydrogen (secondary N) is 1. The second-order valence-corrected chi connectivity index (χ2v) is 6.64. The van der Waals surface area contributed by atoms with Gasteiger partial charge in [0.25, 0.3) is 5.91 Å². The molecule has 1 amide bonds. The highest BCUT2D eigenvalue weighted by molar-refractivity contribution is 6.03. The molecule has 3 rings (SSSR count). The predicted octanol–water partition coefficient (Wildman–Crippen LogP) is 2.88. The second-order valence-electron chi connectivity index (χ2n) is 6.64. The number of benzene rings is 1. The number of amides is 1. The number of carbonyl (C=O) groups is 1. The predicted molar refractivity (Wildman–Crippen MR) is 93.7 cm³/mol. The molecule has 0 fully saturated rings. The molecule has 2 heterocycles. The van der Waals surface area contributed by atoms with Crippen LogP contribution in [0.25, 0.3) is 11.1 Å². The number of aromatic nitrogens is 1. The van der Waals surface area contributed by atoms with Crippen molar-refractivity contribution in [3.63, 3.8) is 0 Å². The standard InChI is InChI=1S/C19H22FN3O2/c1-11(7-12(2)21)10-25-17-4-3-13(8-15(17)20)14-5-6-22-16-9-23-19(24)18(14)16/h3-6,8,11-12H,7,9-10,21H2,1-2H3,(H,23,24). The van der Waals surface area contributed by atoms with Gasteiger partial charge in [-0.25, -0.2) is 4.39 Å². The first kappa shape index (κ1) is 17.4. The molecule has 1 aromatic carbocycles. The first-order valence-corrected chi connectivity index (χ1v) is 8.40. The van der Waals surface area contributed by atoms with Crippen molar-refractivity contribution in [3.8, 4) is 16.9 Å². The van der Waals surface area contributed by atoms with Gasteiger partial charge in [0.05, 0.1) is 24.4 Å². The summed E-state index contributed by atoms with van der Waals surface area (Å²) in [5, 5.41) is 2.74. The summed E-state index contributed by atoms with van der Waals surface area (Å²) in [4.78, 5) is 16.2. The lowest BCUT2D eigenvalue weighted by Crippen LogP contribution is -2.21. The van der Waals surface area contributed by atoms with Gasteiger partial charge in [-0.05, 0) is 48.6 Å². The Morgan fingerprint density at radius 3 is 2.88 bits per heavy atom. The number of halogens is 1. The lowest BCUT2D eigenvalue weighted by atomic mass is 10.00. The number of nitrogens with two attached hydrogens (primary N) is 1. The molecule has 1 aliphatic heterocycles. The third-order valence-corrected chi connectivity index (χ3v) is 4.21. The fraction of sp³-hybridized carbons (Fsp3) is 0.368. The van der Waals surface area contributed by atoms with Crippen molar-refractivity contribution in [2.24, 2.45) is 11.7 Å². The summed E-state index contributed by atoms with van der Waals surface area (Å²) in [5.41, 5.74) is 8.27. The molecule has 0 spiro atoms. The molecule has 25 heavy (non-hydrogen) atoms. The van der Waals surface area contributed by atoms with Crippen molar-refractivity contribution in [1.29, 1.82) is 0 Å². The molecule has 1 aromatic heterocycles.